The van der Waals surface area contributed by atoms with E-state index in [9.17, 15) is 17.6 Å². The Bertz CT molecular complexity index is 580. The van der Waals surface area contributed by atoms with Gasteiger partial charge in [-0.15, -0.1) is 0 Å². The van der Waals surface area contributed by atoms with Gasteiger partial charge in [0.2, 0.25) is 5.82 Å². The van der Waals surface area contributed by atoms with Crippen molar-refractivity contribution in [3.63, 3.8) is 0 Å². The van der Waals surface area contributed by atoms with Crippen LogP contribution >= 0.6 is 0 Å². The van der Waals surface area contributed by atoms with Crippen molar-refractivity contribution in [3.8, 4) is 11.1 Å². The van der Waals surface area contributed by atoms with E-state index < -0.39 is 17.8 Å². The van der Waals surface area contributed by atoms with Gasteiger partial charge >= 0.3 is 6.18 Å². The molecule has 0 aliphatic carbocycles. The number of hydrogen-bond acceptors (Lipinski definition) is 4. The largest absolute Gasteiger partial charge is 0.451 e. The molecule has 0 fully saturated rings. The second kappa shape index (κ2) is 4.88. The van der Waals surface area contributed by atoms with Gasteiger partial charge in [0, 0.05) is 30.1 Å². The van der Waals surface area contributed by atoms with E-state index in [1.807, 2.05) is 0 Å². The molecule has 0 spiro atoms. The van der Waals surface area contributed by atoms with Crippen LogP contribution in [-0.4, -0.2) is 15.0 Å². The highest BCUT2D eigenvalue weighted by Crippen LogP contribution is 2.27. The maximum absolute atomic E-state index is 13.5. The van der Waals surface area contributed by atoms with E-state index in [0.29, 0.717) is 5.69 Å². The summed E-state index contributed by atoms with van der Waals surface area (Å²) in [6, 6.07) is 1.35. The minimum atomic E-state index is -4.63. The molecule has 100 valence electrons. The third-order valence-corrected chi connectivity index (χ3v) is 2.34. The van der Waals surface area contributed by atoms with Crippen molar-refractivity contribution in [1.29, 1.82) is 0 Å². The van der Waals surface area contributed by atoms with E-state index in [1.165, 1.54) is 6.07 Å². The average molecular weight is 272 g/mol. The highest BCUT2D eigenvalue weighted by atomic mass is 19.4. The first kappa shape index (κ1) is 13.3. The van der Waals surface area contributed by atoms with Crippen LogP contribution in [0.5, 0.6) is 0 Å². The Morgan fingerprint density at radius 3 is 2.21 bits per heavy atom. The van der Waals surface area contributed by atoms with E-state index >= 15 is 0 Å². The number of alkyl halides is 3. The van der Waals surface area contributed by atoms with Gasteiger partial charge in [-0.2, -0.15) is 13.2 Å². The van der Waals surface area contributed by atoms with Crippen LogP contribution in [0.4, 0.5) is 17.6 Å². The van der Waals surface area contributed by atoms with Crippen LogP contribution in [0.2, 0.25) is 0 Å². The molecule has 0 aliphatic rings. The normalized spacial score (nSPS) is 11.6. The second-order valence-electron chi connectivity index (χ2n) is 3.65. The first-order valence-electron chi connectivity index (χ1n) is 5.16. The Hall–Kier alpha value is -2.09. The highest BCUT2D eigenvalue weighted by molar-refractivity contribution is 5.62. The molecule has 4 nitrogen and oxygen atoms in total. The predicted octanol–water partition coefficient (Wildman–Crippen LogP) is 2.16. The summed E-state index contributed by atoms with van der Waals surface area (Å²) in [4.78, 5) is 10.1. The molecule has 19 heavy (non-hydrogen) atoms. The Morgan fingerprint density at radius 2 is 1.68 bits per heavy atom. The van der Waals surface area contributed by atoms with Crippen molar-refractivity contribution in [2.45, 2.75) is 12.7 Å². The van der Waals surface area contributed by atoms with Crippen molar-refractivity contribution in [2.75, 3.05) is 0 Å². The summed E-state index contributed by atoms with van der Waals surface area (Å²) >= 11 is 0. The summed E-state index contributed by atoms with van der Waals surface area (Å²) in [5.41, 5.74) is 5.96. The molecule has 0 saturated carbocycles. The molecule has 2 N–H and O–H groups in total. The van der Waals surface area contributed by atoms with Crippen LogP contribution in [0.3, 0.4) is 0 Å². The summed E-state index contributed by atoms with van der Waals surface area (Å²) in [5.74, 6) is -1.95. The Balaban J connectivity index is 2.42. The van der Waals surface area contributed by atoms with Crippen molar-refractivity contribution >= 4 is 0 Å². The average Bonchev–Trinajstić information content (AvgIpc) is 2.38. The number of pyridine rings is 1. The van der Waals surface area contributed by atoms with E-state index in [2.05, 4.69) is 15.0 Å². The molecule has 0 radical (unpaired) electrons. The molecule has 0 aliphatic heterocycles. The molecule has 0 amide bonds. The smallest absolute Gasteiger partial charge is 0.325 e. The third-order valence-electron chi connectivity index (χ3n) is 2.34. The quantitative estimate of drug-likeness (QED) is 0.851. The Morgan fingerprint density at radius 1 is 1.05 bits per heavy atom. The monoisotopic (exact) mass is 272 g/mol. The van der Waals surface area contributed by atoms with Gasteiger partial charge in [-0.3, -0.25) is 4.98 Å². The van der Waals surface area contributed by atoms with Crippen molar-refractivity contribution in [2.24, 2.45) is 5.73 Å². The molecular weight excluding hydrogens is 264 g/mol. The number of rotatable bonds is 2. The van der Waals surface area contributed by atoms with Crippen molar-refractivity contribution in [1.82, 2.24) is 15.0 Å². The number of halogens is 4. The topological polar surface area (TPSA) is 64.7 Å². The van der Waals surface area contributed by atoms with Crippen LogP contribution in [0.15, 0.2) is 24.7 Å². The van der Waals surface area contributed by atoms with E-state index in [4.69, 9.17) is 5.73 Å². The lowest BCUT2D eigenvalue weighted by molar-refractivity contribution is -0.144. The van der Waals surface area contributed by atoms with Crippen LogP contribution in [0, 0.1) is 5.82 Å². The van der Waals surface area contributed by atoms with Gasteiger partial charge in [-0.1, -0.05) is 0 Å². The third kappa shape index (κ3) is 2.84. The SMILES string of the molecule is NCc1cc(-c2cnc(C(F)(F)F)nc2)c(F)cn1. The molecule has 2 aromatic rings. The van der Waals surface area contributed by atoms with E-state index in [0.717, 1.165) is 18.6 Å². The minimum absolute atomic E-state index is 0.0594. The molecule has 0 aromatic carbocycles. The summed E-state index contributed by atoms with van der Waals surface area (Å²) in [5, 5.41) is 0. The molecular formula is C11H8F4N4. The first-order chi connectivity index (χ1) is 8.91. The number of hydrogen-bond donors (Lipinski definition) is 1. The zero-order valence-electron chi connectivity index (χ0n) is 9.45. The first-order valence-corrected chi connectivity index (χ1v) is 5.16. The van der Waals surface area contributed by atoms with E-state index in [-0.39, 0.29) is 17.7 Å². The fraction of sp³-hybridized carbons (Fsp3) is 0.182. The van der Waals surface area contributed by atoms with Crippen LogP contribution in [0.25, 0.3) is 11.1 Å². The van der Waals surface area contributed by atoms with Crippen LogP contribution in [0.1, 0.15) is 11.5 Å². The summed E-state index contributed by atoms with van der Waals surface area (Å²) in [7, 11) is 0. The van der Waals surface area contributed by atoms with Gasteiger partial charge in [0.15, 0.2) is 0 Å². The standard InChI is InChI=1S/C11H8F4N4/c12-9-5-17-7(2-16)1-8(9)6-3-18-10(19-4-6)11(13,14)15/h1,3-5H,2,16H2. The maximum atomic E-state index is 13.5. The van der Waals surface area contributed by atoms with Gasteiger partial charge in [-0.25, -0.2) is 14.4 Å². The van der Waals surface area contributed by atoms with Crippen LogP contribution in [-0.2, 0) is 12.7 Å². The van der Waals surface area contributed by atoms with Gasteiger partial charge < -0.3 is 5.73 Å². The molecule has 0 unspecified atom stereocenters. The van der Waals surface area contributed by atoms with Crippen molar-refractivity contribution < 1.29 is 17.6 Å². The highest BCUT2D eigenvalue weighted by Gasteiger charge is 2.34. The fourth-order valence-corrected chi connectivity index (χ4v) is 1.43. The second-order valence-corrected chi connectivity index (χ2v) is 3.65. The van der Waals surface area contributed by atoms with Gasteiger partial charge in [0.1, 0.15) is 5.82 Å². The summed E-state index contributed by atoms with van der Waals surface area (Å²) in [6.45, 7) is 0.0920. The summed E-state index contributed by atoms with van der Waals surface area (Å²) < 4.78 is 50.4. The van der Waals surface area contributed by atoms with Crippen LogP contribution < -0.4 is 5.73 Å². The molecule has 2 aromatic heterocycles. The fourth-order valence-electron chi connectivity index (χ4n) is 1.43. The number of aromatic nitrogens is 3. The lowest BCUT2D eigenvalue weighted by atomic mass is 10.1. The lowest BCUT2D eigenvalue weighted by Crippen LogP contribution is -2.10. The van der Waals surface area contributed by atoms with Gasteiger partial charge in [-0.05, 0) is 6.07 Å². The number of nitrogens with two attached hydrogens (primary N) is 1. The maximum Gasteiger partial charge on any atom is 0.451 e. The molecule has 0 saturated heterocycles. The van der Waals surface area contributed by atoms with Gasteiger partial charge in [0.05, 0.1) is 11.9 Å². The Labute approximate surface area is 105 Å². The molecule has 8 heteroatoms. The Kier molecular flexibility index (Phi) is 3.43. The zero-order chi connectivity index (χ0) is 14.0. The van der Waals surface area contributed by atoms with Crippen molar-refractivity contribution in [3.05, 3.63) is 42.0 Å². The molecule has 0 atom stereocenters. The molecule has 2 rings (SSSR count). The summed E-state index contributed by atoms with van der Waals surface area (Å²) in [6.07, 6.45) is -1.85. The minimum Gasteiger partial charge on any atom is -0.325 e. The zero-order valence-corrected chi connectivity index (χ0v) is 9.45. The molecule has 0 bridgehead atoms. The van der Waals surface area contributed by atoms with Gasteiger partial charge in [0.25, 0.3) is 0 Å². The predicted molar refractivity (Wildman–Crippen MR) is 58.1 cm³/mol. The lowest BCUT2D eigenvalue weighted by Gasteiger charge is -2.07. The molecule has 2 heterocycles. The number of nitrogens with zero attached hydrogens (tertiary/aromatic N) is 3. The van der Waals surface area contributed by atoms with E-state index in [1.54, 1.807) is 0 Å².